The summed E-state index contributed by atoms with van der Waals surface area (Å²) in [6, 6.07) is 10.6. The summed E-state index contributed by atoms with van der Waals surface area (Å²) in [5, 5.41) is 7.93. The highest BCUT2D eigenvalue weighted by Crippen LogP contribution is 2.30. The molecule has 4 heterocycles. The van der Waals surface area contributed by atoms with Crippen LogP contribution in [-0.2, 0) is 11.3 Å². The molecule has 41 heavy (non-hydrogen) atoms. The topological polar surface area (TPSA) is 104 Å². The van der Waals surface area contributed by atoms with E-state index in [1.54, 1.807) is 4.90 Å². The average molecular weight is 557 g/mol. The summed E-state index contributed by atoms with van der Waals surface area (Å²) in [5.41, 5.74) is 4.77. The molecule has 1 amide bonds. The van der Waals surface area contributed by atoms with Gasteiger partial charge in [-0.1, -0.05) is 12.5 Å². The predicted octanol–water partition coefficient (Wildman–Crippen LogP) is 5.98. The number of anilines is 2. The number of piperazine rings is 1. The van der Waals surface area contributed by atoms with Gasteiger partial charge in [0.1, 0.15) is 11.4 Å². The van der Waals surface area contributed by atoms with Crippen molar-refractivity contribution in [1.29, 1.82) is 0 Å². The SMILES string of the molecule is CC(c1ccnc(Nc2nc3ccc(-c4cnn(CC5CCC5)c4)cc3[nH]2)c1)N1CCN(C(=O)OC(C)(C)C)CC1. The Bertz CT molecular complexity index is 1510. The maximum atomic E-state index is 12.4. The fraction of sp³-hybridized carbons (Fsp3) is 0.484. The first-order valence-electron chi connectivity index (χ1n) is 14.7. The Kier molecular flexibility index (Phi) is 7.42. The molecule has 2 fully saturated rings. The number of amides is 1. The minimum atomic E-state index is -0.483. The molecule has 0 bridgehead atoms. The van der Waals surface area contributed by atoms with Crippen molar-refractivity contribution in [2.24, 2.45) is 5.92 Å². The summed E-state index contributed by atoms with van der Waals surface area (Å²) in [6.45, 7) is 11.8. The van der Waals surface area contributed by atoms with E-state index in [-0.39, 0.29) is 12.1 Å². The van der Waals surface area contributed by atoms with Crippen molar-refractivity contribution < 1.29 is 9.53 Å². The first-order chi connectivity index (χ1) is 19.7. The Hall–Kier alpha value is -3.92. The van der Waals surface area contributed by atoms with E-state index in [0.29, 0.717) is 19.0 Å². The van der Waals surface area contributed by atoms with Gasteiger partial charge >= 0.3 is 6.09 Å². The molecular formula is C31H40N8O2. The van der Waals surface area contributed by atoms with Gasteiger partial charge in [-0.2, -0.15) is 5.10 Å². The van der Waals surface area contributed by atoms with Crippen LogP contribution in [0.25, 0.3) is 22.2 Å². The van der Waals surface area contributed by atoms with Crippen LogP contribution in [0.3, 0.4) is 0 Å². The minimum Gasteiger partial charge on any atom is -0.444 e. The Morgan fingerprint density at radius 3 is 2.66 bits per heavy atom. The van der Waals surface area contributed by atoms with E-state index < -0.39 is 5.60 Å². The van der Waals surface area contributed by atoms with Crippen LogP contribution in [0.4, 0.5) is 16.6 Å². The third-order valence-electron chi connectivity index (χ3n) is 8.15. The number of hydrogen-bond donors (Lipinski definition) is 2. The van der Waals surface area contributed by atoms with E-state index in [1.165, 1.54) is 19.3 Å². The molecular weight excluding hydrogens is 516 g/mol. The van der Waals surface area contributed by atoms with Crippen molar-refractivity contribution in [3.63, 3.8) is 0 Å². The number of hydrogen-bond acceptors (Lipinski definition) is 7. The number of carbonyl (C=O) groups excluding carboxylic acids is 1. The summed E-state index contributed by atoms with van der Waals surface area (Å²) in [7, 11) is 0. The first kappa shape index (κ1) is 27.3. The van der Waals surface area contributed by atoms with Crippen molar-refractivity contribution in [2.45, 2.75) is 65.1 Å². The predicted molar refractivity (Wildman–Crippen MR) is 160 cm³/mol. The van der Waals surface area contributed by atoms with Crippen molar-refractivity contribution in [2.75, 3.05) is 31.5 Å². The number of nitrogens with zero attached hydrogens (tertiary/aromatic N) is 6. The van der Waals surface area contributed by atoms with Gasteiger partial charge in [0.15, 0.2) is 0 Å². The highest BCUT2D eigenvalue weighted by atomic mass is 16.6. The number of ether oxygens (including phenoxy) is 1. The second kappa shape index (κ2) is 11.2. The van der Waals surface area contributed by atoms with Crippen LogP contribution in [0.1, 0.15) is 58.6 Å². The molecule has 6 rings (SSSR count). The molecule has 3 aromatic heterocycles. The van der Waals surface area contributed by atoms with E-state index in [1.807, 2.05) is 45.3 Å². The largest absolute Gasteiger partial charge is 0.444 e. The van der Waals surface area contributed by atoms with Gasteiger partial charge in [0.05, 0.1) is 17.2 Å². The van der Waals surface area contributed by atoms with Crippen LogP contribution < -0.4 is 5.32 Å². The van der Waals surface area contributed by atoms with Crippen LogP contribution in [0.15, 0.2) is 48.9 Å². The van der Waals surface area contributed by atoms with Crippen LogP contribution in [0.5, 0.6) is 0 Å². The maximum Gasteiger partial charge on any atom is 0.410 e. The van der Waals surface area contributed by atoms with Gasteiger partial charge in [0.2, 0.25) is 5.95 Å². The maximum absolute atomic E-state index is 12.4. The van der Waals surface area contributed by atoms with E-state index in [2.05, 4.69) is 61.3 Å². The zero-order valence-electron chi connectivity index (χ0n) is 24.4. The van der Waals surface area contributed by atoms with Gasteiger partial charge in [-0.25, -0.2) is 14.8 Å². The van der Waals surface area contributed by atoms with Gasteiger partial charge in [-0.05, 0) is 81.8 Å². The molecule has 0 spiro atoms. The monoisotopic (exact) mass is 556 g/mol. The first-order valence-corrected chi connectivity index (χ1v) is 14.7. The molecule has 1 aromatic carbocycles. The molecule has 4 aromatic rings. The Labute approximate surface area is 241 Å². The molecule has 1 unspecified atom stereocenters. The van der Waals surface area contributed by atoms with E-state index >= 15 is 0 Å². The van der Waals surface area contributed by atoms with E-state index in [9.17, 15) is 4.79 Å². The van der Waals surface area contributed by atoms with Crippen molar-refractivity contribution in [1.82, 2.24) is 34.5 Å². The van der Waals surface area contributed by atoms with Gasteiger partial charge in [-0.15, -0.1) is 0 Å². The molecule has 10 heteroatoms. The van der Waals surface area contributed by atoms with Crippen LogP contribution in [0, 0.1) is 5.92 Å². The summed E-state index contributed by atoms with van der Waals surface area (Å²) in [5.74, 6) is 2.16. The summed E-state index contributed by atoms with van der Waals surface area (Å²) >= 11 is 0. The molecule has 10 nitrogen and oxygen atoms in total. The molecule has 0 radical (unpaired) electrons. The molecule has 1 aliphatic carbocycles. The summed E-state index contributed by atoms with van der Waals surface area (Å²) in [4.78, 5) is 29.3. The van der Waals surface area contributed by atoms with E-state index in [4.69, 9.17) is 9.72 Å². The second-order valence-electron chi connectivity index (χ2n) is 12.3. The normalized spacial score (nSPS) is 17.4. The highest BCUT2D eigenvalue weighted by Gasteiger charge is 2.28. The smallest absolute Gasteiger partial charge is 0.410 e. The number of imidazole rings is 1. The number of carbonyl (C=O) groups is 1. The number of rotatable bonds is 7. The molecule has 1 saturated carbocycles. The molecule has 2 aliphatic rings. The van der Waals surface area contributed by atoms with Crippen LogP contribution >= 0.6 is 0 Å². The minimum absolute atomic E-state index is 0.183. The lowest BCUT2D eigenvalue weighted by atomic mass is 9.85. The second-order valence-corrected chi connectivity index (χ2v) is 12.3. The van der Waals surface area contributed by atoms with Crippen LogP contribution in [-0.4, -0.2) is 72.4 Å². The van der Waals surface area contributed by atoms with Gasteiger partial charge in [0.25, 0.3) is 0 Å². The van der Waals surface area contributed by atoms with Gasteiger partial charge in [0, 0.05) is 56.7 Å². The average Bonchev–Trinajstić information content (AvgIpc) is 3.56. The number of H-pyrrole nitrogens is 1. The highest BCUT2D eigenvalue weighted by molar-refractivity contribution is 5.83. The molecule has 216 valence electrons. The number of pyridine rings is 1. The number of nitrogens with one attached hydrogen (secondary N) is 2. The Balaban J connectivity index is 1.09. The quantitative estimate of drug-likeness (QED) is 0.289. The lowest BCUT2D eigenvalue weighted by molar-refractivity contribution is 0.0110. The molecule has 1 atom stereocenters. The Morgan fingerprint density at radius 1 is 1.12 bits per heavy atom. The lowest BCUT2D eigenvalue weighted by Gasteiger charge is -2.38. The zero-order chi connectivity index (χ0) is 28.6. The summed E-state index contributed by atoms with van der Waals surface area (Å²) in [6.07, 6.45) is 9.65. The van der Waals surface area contributed by atoms with E-state index in [0.717, 1.165) is 59.1 Å². The van der Waals surface area contributed by atoms with Gasteiger partial charge < -0.3 is 19.9 Å². The van der Waals surface area contributed by atoms with Crippen molar-refractivity contribution >= 4 is 28.9 Å². The Morgan fingerprint density at radius 2 is 1.93 bits per heavy atom. The number of aromatic nitrogens is 5. The third kappa shape index (κ3) is 6.37. The fourth-order valence-electron chi connectivity index (χ4n) is 5.53. The zero-order valence-corrected chi connectivity index (χ0v) is 24.4. The number of fused-ring (bicyclic) bond motifs is 1. The lowest BCUT2D eigenvalue weighted by Crippen LogP contribution is -2.50. The molecule has 2 N–H and O–H groups in total. The van der Waals surface area contributed by atoms with Crippen molar-refractivity contribution in [3.8, 4) is 11.1 Å². The third-order valence-corrected chi connectivity index (χ3v) is 8.15. The molecule has 1 aliphatic heterocycles. The summed E-state index contributed by atoms with van der Waals surface area (Å²) < 4.78 is 7.61. The van der Waals surface area contributed by atoms with Crippen molar-refractivity contribution in [3.05, 3.63) is 54.5 Å². The van der Waals surface area contributed by atoms with Crippen LogP contribution in [0.2, 0.25) is 0 Å². The fourth-order valence-corrected chi connectivity index (χ4v) is 5.53. The number of aromatic amines is 1. The van der Waals surface area contributed by atoms with Gasteiger partial charge in [-0.3, -0.25) is 9.58 Å². The molecule has 1 saturated heterocycles. The standard InChI is InChI=1S/C31H40N8O2/c1-21(37-12-14-38(15-13-37)30(40)41-31(2,3)4)23-10-11-32-28(17-23)36-29-34-26-9-8-24(16-27(26)35-29)25-18-33-39(20-25)19-22-6-5-7-22/h8-11,16-18,20-22H,5-7,12-15,19H2,1-4H3,(H2,32,34,35,36). The number of benzene rings is 1.